The molecular weight excluding hydrogens is 260 g/mol. The summed E-state index contributed by atoms with van der Waals surface area (Å²) in [5.41, 5.74) is 0.668. The molecule has 1 aliphatic rings. The average molecular weight is 274 g/mol. The standard InChI is InChI=1S/C14H14N2O4/c1-9-6-13(20-16-9)14(17)15-7-10-8-18-11-4-2-3-5-12(11)19-10/h2-6,10H,7-8H2,1H3,(H,15,17)/t10-/m0/s1. The van der Waals surface area contributed by atoms with Crippen LogP contribution < -0.4 is 14.8 Å². The van der Waals surface area contributed by atoms with Gasteiger partial charge >= 0.3 is 0 Å². The summed E-state index contributed by atoms with van der Waals surface area (Å²) < 4.78 is 16.2. The molecule has 2 aromatic rings. The van der Waals surface area contributed by atoms with E-state index in [1.54, 1.807) is 13.0 Å². The molecule has 2 heterocycles. The van der Waals surface area contributed by atoms with Crippen molar-refractivity contribution < 1.29 is 18.8 Å². The molecule has 0 bridgehead atoms. The molecule has 104 valence electrons. The molecule has 1 aromatic heterocycles. The van der Waals surface area contributed by atoms with Crippen molar-refractivity contribution in [3.05, 3.63) is 41.8 Å². The van der Waals surface area contributed by atoms with Crippen molar-refractivity contribution in [2.45, 2.75) is 13.0 Å². The lowest BCUT2D eigenvalue weighted by Gasteiger charge is -2.26. The number of ether oxygens (including phenoxy) is 2. The van der Waals surface area contributed by atoms with Crippen molar-refractivity contribution in [3.8, 4) is 11.5 Å². The van der Waals surface area contributed by atoms with Gasteiger partial charge in [-0.3, -0.25) is 4.79 Å². The first-order chi connectivity index (χ1) is 9.72. The SMILES string of the molecule is Cc1cc(C(=O)NC[C@H]2COc3ccccc3O2)on1. The number of hydrogen-bond acceptors (Lipinski definition) is 5. The molecule has 20 heavy (non-hydrogen) atoms. The summed E-state index contributed by atoms with van der Waals surface area (Å²) in [7, 11) is 0. The van der Waals surface area contributed by atoms with Gasteiger partial charge < -0.3 is 19.3 Å². The molecule has 1 atom stereocenters. The van der Waals surface area contributed by atoms with Crippen molar-refractivity contribution in [2.24, 2.45) is 0 Å². The highest BCUT2D eigenvalue weighted by Crippen LogP contribution is 2.30. The second kappa shape index (κ2) is 5.24. The number of carbonyl (C=O) groups excluding carboxylic acids is 1. The summed E-state index contributed by atoms with van der Waals surface area (Å²) in [4.78, 5) is 11.8. The van der Waals surface area contributed by atoms with Gasteiger partial charge in [-0.1, -0.05) is 17.3 Å². The van der Waals surface area contributed by atoms with Crippen molar-refractivity contribution in [1.82, 2.24) is 10.5 Å². The number of hydrogen-bond donors (Lipinski definition) is 1. The minimum absolute atomic E-state index is 0.194. The fourth-order valence-electron chi connectivity index (χ4n) is 1.93. The second-order valence-electron chi connectivity index (χ2n) is 4.54. The Kier molecular flexibility index (Phi) is 3.28. The lowest BCUT2D eigenvalue weighted by molar-refractivity contribution is 0.0768. The largest absolute Gasteiger partial charge is 0.486 e. The number of benzene rings is 1. The predicted octanol–water partition coefficient (Wildman–Crippen LogP) is 1.55. The number of rotatable bonds is 3. The monoisotopic (exact) mass is 274 g/mol. The van der Waals surface area contributed by atoms with Crippen LogP contribution in [0.25, 0.3) is 0 Å². The Bertz CT molecular complexity index is 623. The number of para-hydroxylation sites is 2. The van der Waals surface area contributed by atoms with Gasteiger partial charge in [-0.25, -0.2) is 0 Å². The molecule has 1 amide bonds. The summed E-state index contributed by atoms with van der Waals surface area (Å²) >= 11 is 0. The molecule has 1 N–H and O–H groups in total. The van der Waals surface area contributed by atoms with E-state index in [0.29, 0.717) is 24.6 Å². The van der Waals surface area contributed by atoms with Gasteiger partial charge in [0.2, 0.25) is 5.76 Å². The van der Waals surface area contributed by atoms with E-state index in [4.69, 9.17) is 14.0 Å². The molecule has 0 saturated heterocycles. The number of carbonyl (C=O) groups is 1. The first-order valence-electron chi connectivity index (χ1n) is 6.32. The van der Waals surface area contributed by atoms with Crippen LogP contribution in [-0.2, 0) is 0 Å². The molecule has 0 spiro atoms. The predicted molar refractivity (Wildman–Crippen MR) is 69.9 cm³/mol. The van der Waals surface area contributed by atoms with Gasteiger partial charge in [0.1, 0.15) is 12.7 Å². The van der Waals surface area contributed by atoms with E-state index in [-0.39, 0.29) is 17.8 Å². The van der Waals surface area contributed by atoms with Crippen molar-refractivity contribution in [3.63, 3.8) is 0 Å². The van der Waals surface area contributed by atoms with Crippen LogP contribution in [0.5, 0.6) is 11.5 Å². The minimum Gasteiger partial charge on any atom is -0.486 e. The summed E-state index contributed by atoms with van der Waals surface area (Å²) in [5.74, 6) is 1.29. The molecule has 0 fully saturated rings. The lowest BCUT2D eigenvalue weighted by atomic mass is 10.2. The van der Waals surface area contributed by atoms with Gasteiger partial charge in [-0.05, 0) is 19.1 Å². The maximum Gasteiger partial charge on any atom is 0.290 e. The van der Waals surface area contributed by atoms with E-state index < -0.39 is 0 Å². The molecule has 0 saturated carbocycles. The average Bonchev–Trinajstić information content (AvgIpc) is 2.91. The fraction of sp³-hybridized carbons (Fsp3) is 0.286. The highest BCUT2D eigenvalue weighted by molar-refractivity contribution is 5.91. The van der Waals surface area contributed by atoms with Crippen LogP contribution >= 0.6 is 0 Å². The Morgan fingerprint density at radius 3 is 2.95 bits per heavy atom. The van der Waals surface area contributed by atoms with Crippen LogP contribution in [0, 0.1) is 6.92 Å². The Balaban J connectivity index is 1.56. The summed E-state index contributed by atoms with van der Waals surface area (Å²) in [5, 5.41) is 6.41. The molecule has 0 unspecified atom stereocenters. The highest BCUT2D eigenvalue weighted by Gasteiger charge is 2.22. The molecule has 6 heteroatoms. The number of aromatic nitrogens is 1. The minimum atomic E-state index is -0.312. The third kappa shape index (κ3) is 2.59. The number of nitrogens with zero attached hydrogens (tertiary/aromatic N) is 1. The quantitative estimate of drug-likeness (QED) is 0.919. The van der Waals surface area contributed by atoms with E-state index in [1.165, 1.54) is 0 Å². The Morgan fingerprint density at radius 1 is 1.40 bits per heavy atom. The van der Waals surface area contributed by atoms with E-state index in [2.05, 4.69) is 10.5 Å². The van der Waals surface area contributed by atoms with E-state index in [0.717, 1.165) is 5.75 Å². The van der Waals surface area contributed by atoms with Crippen LogP contribution in [0.4, 0.5) is 0 Å². The van der Waals surface area contributed by atoms with Gasteiger partial charge in [-0.15, -0.1) is 0 Å². The van der Waals surface area contributed by atoms with Gasteiger partial charge in [0.05, 0.1) is 12.2 Å². The number of aryl methyl sites for hydroxylation is 1. The van der Waals surface area contributed by atoms with Crippen LogP contribution in [0.2, 0.25) is 0 Å². The summed E-state index contributed by atoms with van der Waals surface area (Å²) in [6.45, 7) is 2.49. The fourth-order valence-corrected chi connectivity index (χ4v) is 1.93. The van der Waals surface area contributed by atoms with Crippen LogP contribution in [-0.4, -0.2) is 30.3 Å². The summed E-state index contributed by atoms with van der Waals surface area (Å²) in [6, 6.07) is 9.03. The zero-order chi connectivity index (χ0) is 13.9. The van der Waals surface area contributed by atoms with Crippen molar-refractivity contribution in [1.29, 1.82) is 0 Å². The molecule has 6 nitrogen and oxygen atoms in total. The Labute approximate surface area is 115 Å². The first-order valence-corrected chi connectivity index (χ1v) is 6.32. The molecule has 0 aliphatic carbocycles. The topological polar surface area (TPSA) is 73.6 Å². The van der Waals surface area contributed by atoms with Gasteiger partial charge in [0.25, 0.3) is 5.91 Å². The van der Waals surface area contributed by atoms with Gasteiger partial charge in [-0.2, -0.15) is 0 Å². The highest BCUT2D eigenvalue weighted by atomic mass is 16.6. The zero-order valence-electron chi connectivity index (χ0n) is 11.0. The Morgan fingerprint density at radius 2 is 2.20 bits per heavy atom. The van der Waals surface area contributed by atoms with E-state index in [9.17, 15) is 4.79 Å². The maximum atomic E-state index is 11.8. The number of fused-ring (bicyclic) bond motifs is 1. The number of nitrogens with one attached hydrogen (secondary N) is 1. The first kappa shape index (κ1) is 12.5. The lowest BCUT2D eigenvalue weighted by Crippen LogP contribution is -2.40. The third-order valence-electron chi connectivity index (χ3n) is 2.91. The van der Waals surface area contributed by atoms with Gasteiger partial charge in [0, 0.05) is 6.07 Å². The van der Waals surface area contributed by atoms with Crippen LogP contribution in [0.15, 0.2) is 34.9 Å². The second-order valence-corrected chi connectivity index (χ2v) is 4.54. The molecule has 0 radical (unpaired) electrons. The molecule has 1 aromatic carbocycles. The Hall–Kier alpha value is -2.50. The van der Waals surface area contributed by atoms with Crippen molar-refractivity contribution in [2.75, 3.05) is 13.2 Å². The molecule has 1 aliphatic heterocycles. The van der Waals surface area contributed by atoms with Crippen molar-refractivity contribution >= 4 is 5.91 Å². The smallest absolute Gasteiger partial charge is 0.290 e. The summed E-state index contributed by atoms with van der Waals surface area (Å²) in [6.07, 6.45) is -0.224. The third-order valence-corrected chi connectivity index (χ3v) is 2.91. The van der Waals surface area contributed by atoms with E-state index in [1.807, 2.05) is 24.3 Å². The molecule has 3 rings (SSSR count). The molecular formula is C14H14N2O4. The number of amides is 1. The van der Waals surface area contributed by atoms with Crippen LogP contribution in [0.1, 0.15) is 16.2 Å². The van der Waals surface area contributed by atoms with Gasteiger partial charge in [0.15, 0.2) is 11.5 Å². The normalized spacial score (nSPS) is 16.8. The van der Waals surface area contributed by atoms with E-state index >= 15 is 0 Å². The zero-order valence-corrected chi connectivity index (χ0v) is 11.0. The van der Waals surface area contributed by atoms with Crippen LogP contribution in [0.3, 0.4) is 0 Å². The maximum absolute atomic E-state index is 11.8.